The number of nitrogens with one attached hydrogen (secondary N) is 2. The van der Waals surface area contributed by atoms with Crippen LogP contribution in [-0.4, -0.2) is 24.5 Å². The van der Waals surface area contributed by atoms with Gasteiger partial charge < -0.3 is 10.1 Å². The van der Waals surface area contributed by atoms with Crippen LogP contribution in [-0.2, 0) is 14.3 Å². The number of carbonyl (C=O) groups is 3. The zero-order valence-corrected chi connectivity index (χ0v) is 7.84. The molecule has 1 heterocycles. The second-order valence-electron chi connectivity index (χ2n) is 2.63. The van der Waals surface area contributed by atoms with Gasteiger partial charge in [0.2, 0.25) is 0 Å². The highest BCUT2D eigenvalue weighted by Crippen LogP contribution is 2.07. The number of amides is 3. The highest BCUT2D eigenvalue weighted by atomic mass is 16.5. The summed E-state index contributed by atoms with van der Waals surface area (Å²) in [5.41, 5.74) is 0.0450. The van der Waals surface area contributed by atoms with Crippen molar-refractivity contribution in [1.82, 2.24) is 10.6 Å². The van der Waals surface area contributed by atoms with Crippen LogP contribution in [0.5, 0.6) is 0 Å². The molecule has 6 nitrogen and oxygen atoms in total. The van der Waals surface area contributed by atoms with Gasteiger partial charge in [0.15, 0.2) is 0 Å². The number of ether oxygens (including phenoxy) is 1. The summed E-state index contributed by atoms with van der Waals surface area (Å²) in [5, 5.41) is 4.21. The topological polar surface area (TPSA) is 84.5 Å². The lowest BCUT2D eigenvalue weighted by atomic mass is 10.2. The maximum Gasteiger partial charge on any atom is 0.336 e. The second-order valence-corrected chi connectivity index (χ2v) is 2.63. The molecule has 0 atom stereocenters. The quantitative estimate of drug-likeness (QED) is 0.361. The van der Waals surface area contributed by atoms with Crippen LogP contribution in [0, 0.1) is 0 Å². The van der Waals surface area contributed by atoms with Gasteiger partial charge in [0.05, 0.1) is 12.2 Å². The summed E-state index contributed by atoms with van der Waals surface area (Å²) in [7, 11) is 0. The van der Waals surface area contributed by atoms with E-state index in [1.54, 1.807) is 6.92 Å². The zero-order chi connectivity index (χ0) is 10.7. The summed E-state index contributed by atoms with van der Waals surface area (Å²) in [5.74, 6) is -1.22. The molecule has 1 saturated heterocycles. The molecule has 0 unspecified atom stereocenters. The molecule has 76 valence electrons. The average molecular weight is 198 g/mol. The van der Waals surface area contributed by atoms with Gasteiger partial charge in [-0.05, 0) is 13.8 Å². The molecule has 0 bridgehead atoms. The summed E-state index contributed by atoms with van der Waals surface area (Å²) in [4.78, 5) is 33.0. The van der Waals surface area contributed by atoms with E-state index in [2.05, 4.69) is 10.1 Å². The smallest absolute Gasteiger partial charge is 0.336 e. The first-order valence-electron chi connectivity index (χ1n) is 4.06. The van der Waals surface area contributed by atoms with Gasteiger partial charge in [0.25, 0.3) is 5.91 Å². The third-order valence-electron chi connectivity index (χ3n) is 1.65. The van der Waals surface area contributed by atoms with Crippen LogP contribution in [0.25, 0.3) is 0 Å². The molecular formula is C8H10N2O4. The monoisotopic (exact) mass is 198 g/mol. The van der Waals surface area contributed by atoms with E-state index in [1.807, 2.05) is 5.32 Å². The molecule has 0 spiro atoms. The Morgan fingerprint density at radius 2 is 2.00 bits per heavy atom. The molecule has 2 N–H and O–H groups in total. The fourth-order valence-corrected chi connectivity index (χ4v) is 0.973. The Morgan fingerprint density at radius 1 is 1.36 bits per heavy atom. The van der Waals surface area contributed by atoms with E-state index in [0.717, 1.165) is 0 Å². The van der Waals surface area contributed by atoms with Gasteiger partial charge in [-0.15, -0.1) is 0 Å². The number of imide groups is 1. The van der Waals surface area contributed by atoms with Crippen molar-refractivity contribution >= 4 is 17.9 Å². The Morgan fingerprint density at radius 3 is 2.43 bits per heavy atom. The van der Waals surface area contributed by atoms with Crippen LogP contribution in [0.15, 0.2) is 11.3 Å². The van der Waals surface area contributed by atoms with Gasteiger partial charge in [-0.2, -0.15) is 0 Å². The molecular weight excluding hydrogens is 188 g/mol. The molecule has 0 saturated carbocycles. The Balaban J connectivity index is 2.88. The summed E-state index contributed by atoms with van der Waals surface area (Å²) < 4.78 is 4.67. The lowest BCUT2D eigenvalue weighted by Crippen LogP contribution is -2.22. The average Bonchev–Trinajstić information content (AvgIpc) is 2.44. The molecule has 1 rings (SSSR count). The maximum absolute atomic E-state index is 11.2. The largest absolute Gasteiger partial charge is 0.463 e. The Labute approximate surface area is 80.3 Å². The van der Waals surface area contributed by atoms with E-state index in [9.17, 15) is 14.4 Å². The van der Waals surface area contributed by atoms with E-state index < -0.39 is 17.9 Å². The predicted molar refractivity (Wildman–Crippen MR) is 46.0 cm³/mol. The Bertz CT molecular complexity index is 332. The van der Waals surface area contributed by atoms with E-state index >= 15 is 0 Å². The number of esters is 1. The van der Waals surface area contributed by atoms with Gasteiger partial charge in [0.1, 0.15) is 5.70 Å². The highest BCUT2D eigenvalue weighted by molar-refractivity contribution is 6.14. The minimum absolute atomic E-state index is 0.0477. The molecule has 1 aliphatic heterocycles. The van der Waals surface area contributed by atoms with Gasteiger partial charge in [-0.3, -0.25) is 10.1 Å². The van der Waals surface area contributed by atoms with Crippen LogP contribution >= 0.6 is 0 Å². The Hall–Kier alpha value is -1.85. The minimum atomic E-state index is -0.631. The van der Waals surface area contributed by atoms with Crippen molar-refractivity contribution in [3.63, 3.8) is 0 Å². The fraction of sp³-hybridized carbons (Fsp3) is 0.375. The number of hydrogen-bond donors (Lipinski definition) is 2. The molecule has 0 radical (unpaired) electrons. The number of hydrogen-bond acceptors (Lipinski definition) is 4. The number of carbonyl (C=O) groups excluding carboxylic acids is 3. The summed E-state index contributed by atoms with van der Waals surface area (Å²) >= 11 is 0. The van der Waals surface area contributed by atoms with Crippen LogP contribution in [0.2, 0.25) is 0 Å². The van der Waals surface area contributed by atoms with Crippen molar-refractivity contribution in [3.8, 4) is 0 Å². The van der Waals surface area contributed by atoms with Crippen molar-refractivity contribution in [2.75, 3.05) is 6.61 Å². The normalized spacial score (nSPS) is 18.7. The summed E-state index contributed by atoms with van der Waals surface area (Å²) in [6.07, 6.45) is 0. The first kappa shape index (κ1) is 10.2. The van der Waals surface area contributed by atoms with E-state index in [0.29, 0.717) is 0 Å². The minimum Gasteiger partial charge on any atom is -0.463 e. The zero-order valence-electron chi connectivity index (χ0n) is 7.84. The molecule has 14 heavy (non-hydrogen) atoms. The molecule has 6 heteroatoms. The van der Waals surface area contributed by atoms with Crippen LogP contribution in [0.4, 0.5) is 4.79 Å². The van der Waals surface area contributed by atoms with Crippen LogP contribution in [0.3, 0.4) is 0 Å². The van der Waals surface area contributed by atoms with Crippen molar-refractivity contribution in [1.29, 1.82) is 0 Å². The standard InChI is InChI=1S/C8H10N2O4/c1-3-14-7(12)4(2)5-6(11)10-8(13)9-5/h3H2,1-2H3,(H2,9,10,11,13)/b5-4+. The molecule has 3 amide bonds. The maximum atomic E-state index is 11.2. The number of urea groups is 1. The Kier molecular flexibility index (Phi) is 2.85. The van der Waals surface area contributed by atoms with Crippen molar-refractivity contribution in [3.05, 3.63) is 11.3 Å². The number of rotatable bonds is 2. The fourth-order valence-electron chi connectivity index (χ4n) is 0.973. The van der Waals surface area contributed by atoms with E-state index in [4.69, 9.17) is 0 Å². The summed E-state index contributed by atoms with van der Waals surface area (Å²) in [6, 6.07) is -0.631. The molecule has 0 aromatic carbocycles. The van der Waals surface area contributed by atoms with Gasteiger partial charge in [-0.25, -0.2) is 9.59 Å². The van der Waals surface area contributed by atoms with Gasteiger partial charge in [-0.1, -0.05) is 0 Å². The first-order valence-corrected chi connectivity index (χ1v) is 4.06. The highest BCUT2D eigenvalue weighted by Gasteiger charge is 2.27. The van der Waals surface area contributed by atoms with Crippen LogP contribution in [0.1, 0.15) is 13.8 Å². The second kappa shape index (κ2) is 3.91. The lowest BCUT2D eigenvalue weighted by molar-refractivity contribution is -0.138. The first-order chi connectivity index (χ1) is 6.56. The van der Waals surface area contributed by atoms with Gasteiger partial charge in [0, 0.05) is 0 Å². The van der Waals surface area contributed by atoms with E-state index in [1.165, 1.54) is 6.92 Å². The molecule has 0 aliphatic carbocycles. The van der Waals surface area contributed by atoms with Crippen molar-refractivity contribution in [2.45, 2.75) is 13.8 Å². The molecule has 0 aromatic rings. The molecule has 0 aromatic heterocycles. The third kappa shape index (κ3) is 1.90. The van der Waals surface area contributed by atoms with Crippen molar-refractivity contribution < 1.29 is 19.1 Å². The van der Waals surface area contributed by atoms with Crippen LogP contribution < -0.4 is 10.6 Å². The summed E-state index contributed by atoms with van der Waals surface area (Å²) in [6.45, 7) is 3.29. The SMILES string of the molecule is CCOC(=O)/C(C)=C1/NC(=O)NC1=O. The molecule has 1 fully saturated rings. The van der Waals surface area contributed by atoms with E-state index in [-0.39, 0.29) is 17.9 Å². The lowest BCUT2D eigenvalue weighted by Gasteiger charge is -2.02. The van der Waals surface area contributed by atoms with Gasteiger partial charge >= 0.3 is 12.0 Å². The van der Waals surface area contributed by atoms with Crippen molar-refractivity contribution in [2.24, 2.45) is 0 Å². The predicted octanol–water partition coefficient (Wildman–Crippen LogP) is -0.337. The third-order valence-corrected chi connectivity index (χ3v) is 1.65. The molecule has 1 aliphatic rings.